The SMILES string of the molecule is CNCC1CCCN(C(=O)c2cc(C3CC3)nc3c2c(C)nn3C(C)(C)C)C1. The topological polar surface area (TPSA) is 63.1 Å². The Labute approximate surface area is 167 Å². The minimum Gasteiger partial charge on any atom is -0.338 e. The lowest BCUT2D eigenvalue weighted by Gasteiger charge is -2.33. The predicted octanol–water partition coefficient (Wildman–Crippen LogP) is 3.44. The Hall–Kier alpha value is -1.95. The average Bonchev–Trinajstić information content (AvgIpc) is 3.44. The smallest absolute Gasteiger partial charge is 0.254 e. The zero-order valence-electron chi connectivity index (χ0n) is 17.9. The molecule has 1 atom stereocenters. The van der Waals surface area contributed by atoms with Gasteiger partial charge >= 0.3 is 0 Å². The fourth-order valence-corrected chi connectivity index (χ4v) is 4.41. The monoisotopic (exact) mass is 383 g/mol. The number of carbonyl (C=O) groups excluding carboxylic acids is 1. The summed E-state index contributed by atoms with van der Waals surface area (Å²) in [5, 5.41) is 8.98. The molecule has 2 aromatic rings. The zero-order valence-corrected chi connectivity index (χ0v) is 17.9. The van der Waals surface area contributed by atoms with E-state index in [1.165, 1.54) is 19.3 Å². The summed E-state index contributed by atoms with van der Waals surface area (Å²) in [6.07, 6.45) is 4.60. The molecule has 2 aromatic heterocycles. The highest BCUT2D eigenvalue weighted by Gasteiger charge is 2.32. The quantitative estimate of drug-likeness (QED) is 0.878. The van der Waals surface area contributed by atoms with Crippen LogP contribution in [0.4, 0.5) is 0 Å². The Balaban J connectivity index is 1.79. The summed E-state index contributed by atoms with van der Waals surface area (Å²) < 4.78 is 2.00. The maximum absolute atomic E-state index is 13.6. The van der Waals surface area contributed by atoms with Crippen LogP contribution in [0, 0.1) is 12.8 Å². The van der Waals surface area contributed by atoms with Gasteiger partial charge in [-0.1, -0.05) is 0 Å². The third-order valence-electron chi connectivity index (χ3n) is 5.99. The van der Waals surface area contributed by atoms with E-state index < -0.39 is 0 Å². The van der Waals surface area contributed by atoms with Gasteiger partial charge in [-0.25, -0.2) is 9.67 Å². The fraction of sp³-hybridized carbons (Fsp3) is 0.682. The first-order valence-corrected chi connectivity index (χ1v) is 10.6. The summed E-state index contributed by atoms with van der Waals surface area (Å²) in [5.74, 6) is 1.17. The van der Waals surface area contributed by atoms with Gasteiger partial charge in [0.05, 0.1) is 22.2 Å². The molecule has 1 unspecified atom stereocenters. The van der Waals surface area contributed by atoms with Gasteiger partial charge in [0.2, 0.25) is 0 Å². The normalized spacial score (nSPS) is 20.8. The second-order valence-corrected chi connectivity index (χ2v) is 9.55. The van der Waals surface area contributed by atoms with E-state index in [4.69, 9.17) is 10.1 Å². The second kappa shape index (κ2) is 7.14. The molecule has 1 saturated carbocycles. The molecule has 152 valence electrons. The third-order valence-corrected chi connectivity index (χ3v) is 5.99. The number of carbonyl (C=O) groups is 1. The Bertz CT molecular complexity index is 888. The molecule has 1 aliphatic carbocycles. The summed E-state index contributed by atoms with van der Waals surface area (Å²) >= 11 is 0. The van der Waals surface area contributed by atoms with Gasteiger partial charge < -0.3 is 10.2 Å². The van der Waals surface area contributed by atoms with Crippen molar-refractivity contribution in [3.8, 4) is 0 Å². The van der Waals surface area contributed by atoms with Crippen LogP contribution in [0.15, 0.2) is 6.07 Å². The zero-order chi connectivity index (χ0) is 20.1. The number of nitrogens with zero attached hydrogens (tertiary/aromatic N) is 4. The summed E-state index contributed by atoms with van der Waals surface area (Å²) in [7, 11) is 1.99. The first kappa shape index (κ1) is 19.4. The van der Waals surface area contributed by atoms with E-state index in [9.17, 15) is 4.79 Å². The minimum atomic E-state index is -0.176. The van der Waals surface area contributed by atoms with E-state index in [0.717, 1.165) is 54.0 Å². The number of likely N-dealkylation sites (tertiary alicyclic amines) is 1. The molecule has 1 aliphatic heterocycles. The molecule has 3 heterocycles. The minimum absolute atomic E-state index is 0.145. The van der Waals surface area contributed by atoms with Crippen molar-refractivity contribution in [2.24, 2.45) is 5.92 Å². The van der Waals surface area contributed by atoms with Gasteiger partial charge in [-0.15, -0.1) is 0 Å². The maximum Gasteiger partial charge on any atom is 0.254 e. The number of nitrogens with one attached hydrogen (secondary N) is 1. The number of rotatable bonds is 4. The van der Waals surface area contributed by atoms with Crippen LogP contribution in [0.5, 0.6) is 0 Å². The number of aromatic nitrogens is 3. The molecule has 6 nitrogen and oxygen atoms in total. The van der Waals surface area contributed by atoms with Gasteiger partial charge in [0.1, 0.15) is 0 Å². The number of hydrogen-bond donors (Lipinski definition) is 1. The van der Waals surface area contributed by atoms with Crippen molar-refractivity contribution >= 4 is 16.9 Å². The Morgan fingerprint density at radius 3 is 2.68 bits per heavy atom. The van der Waals surface area contributed by atoms with E-state index in [1.54, 1.807) is 0 Å². The first-order valence-electron chi connectivity index (χ1n) is 10.6. The number of pyridine rings is 1. The van der Waals surface area contributed by atoms with Crippen molar-refractivity contribution in [3.63, 3.8) is 0 Å². The van der Waals surface area contributed by atoms with E-state index in [1.807, 2.05) is 23.6 Å². The molecule has 6 heteroatoms. The number of piperidine rings is 1. The van der Waals surface area contributed by atoms with Crippen molar-refractivity contribution in [2.45, 2.75) is 64.8 Å². The number of amides is 1. The molecule has 1 N–H and O–H groups in total. The van der Waals surface area contributed by atoms with E-state index in [2.05, 4.69) is 32.2 Å². The van der Waals surface area contributed by atoms with Crippen molar-refractivity contribution in [3.05, 3.63) is 23.0 Å². The standard InChI is InChI=1S/C22H33N5O/c1-14-19-17(21(28)26-10-6-7-15(13-26)12-23-5)11-18(16-8-9-16)24-20(19)27(25-14)22(2,3)4/h11,15-16,23H,6-10,12-13H2,1-5H3. The summed E-state index contributed by atoms with van der Waals surface area (Å²) in [4.78, 5) is 20.6. The van der Waals surface area contributed by atoms with E-state index in [-0.39, 0.29) is 11.4 Å². The first-order chi connectivity index (χ1) is 13.3. The number of hydrogen-bond acceptors (Lipinski definition) is 4. The van der Waals surface area contributed by atoms with Crippen molar-refractivity contribution in [1.29, 1.82) is 0 Å². The molecule has 0 radical (unpaired) electrons. The van der Waals surface area contributed by atoms with Crippen LogP contribution in [0.2, 0.25) is 0 Å². The maximum atomic E-state index is 13.6. The molecule has 4 rings (SSSR count). The second-order valence-electron chi connectivity index (χ2n) is 9.55. The molecular weight excluding hydrogens is 350 g/mol. The molecule has 1 amide bonds. The third kappa shape index (κ3) is 3.54. The number of aryl methyl sites for hydroxylation is 1. The van der Waals surface area contributed by atoms with Crippen LogP contribution >= 0.6 is 0 Å². The molecular formula is C22H33N5O. The van der Waals surface area contributed by atoms with Gasteiger partial charge in [-0.2, -0.15) is 5.10 Å². The Morgan fingerprint density at radius 2 is 2.04 bits per heavy atom. The van der Waals surface area contributed by atoms with E-state index in [0.29, 0.717) is 11.8 Å². The van der Waals surface area contributed by atoms with Crippen LogP contribution in [0.25, 0.3) is 11.0 Å². The van der Waals surface area contributed by atoms with Crippen LogP contribution in [0.3, 0.4) is 0 Å². The van der Waals surface area contributed by atoms with Crippen molar-refractivity contribution < 1.29 is 4.79 Å². The van der Waals surface area contributed by atoms with Crippen LogP contribution in [0.1, 0.15) is 74.1 Å². The highest BCUT2D eigenvalue weighted by Crippen LogP contribution is 2.41. The van der Waals surface area contributed by atoms with Crippen LogP contribution < -0.4 is 5.32 Å². The summed E-state index contributed by atoms with van der Waals surface area (Å²) in [6, 6.07) is 2.06. The Morgan fingerprint density at radius 1 is 1.29 bits per heavy atom. The lowest BCUT2D eigenvalue weighted by molar-refractivity contribution is 0.0676. The lowest BCUT2D eigenvalue weighted by Crippen LogP contribution is -2.42. The van der Waals surface area contributed by atoms with Gasteiger partial charge in [0.25, 0.3) is 5.91 Å². The highest BCUT2D eigenvalue weighted by molar-refractivity contribution is 6.06. The largest absolute Gasteiger partial charge is 0.338 e. The number of fused-ring (bicyclic) bond motifs is 1. The van der Waals surface area contributed by atoms with Gasteiger partial charge in [0.15, 0.2) is 5.65 Å². The molecule has 2 fully saturated rings. The van der Waals surface area contributed by atoms with Crippen molar-refractivity contribution in [1.82, 2.24) is 25.0 Å². The lowest BCUT2D eigenvalue weighted by atomic mass is 9.96. The average molecular weight is 384 g/mol. The van der Waals surface area contributed by atoms with Crippen LogP contribution in [-0.2, 0) is 5.54 Å². The van der Waals surface area contributed by atoms with Crippen molar-refractivity contribution in [2.75, 3.05) is 26.7 Å². The van der Waals surface area contributed by atoms with Crippen LogP contribution in [-0.4, -0.2) is 52.3 Å². The molecule has 2 aliphatic rings. The van der Waals surface area contributed by atoms with Gasteiger partial charge in [0, 0.05) is 24.7 Å². The van der Waals surface area contributed by atoms with Gasteiger partial charge in [-0.05, 0) is 79.0 Å². The predicted molar refractivity (Wildman–Crippen MR) is 112 cm³/mol. The molecule has 0 bridgehead atoms. The molecule has 0 spiro atoms. The summed E-state index contributed by atoms with van der Waals surface area (Å²) in [6.45, 7) is 11.0. The molecule has 0 aromatic carbocycles. The van der Waals surface area contributed by atoms with E-state index >= 15 is 0 Å². The molecule has 28 heavy (non-hydrogen) atoms. The Kier molecular flexibility index (Phi) is 4.94. The highest BCUT2D eigenvalue weighted by atomic mass is 16.2. The molecule has 1 saturated heterocycles. The van der Waals surface area contributed by atoms with Gasteiger partial charge in [-0.3, -0.25) is 4.79 Å². The summed E-state index contributed by atoms with van der Waals surface area (Å²) in [5.41, 5.74) is 3.44. The fourth-order valence-electron chi connectivity index (χ4n) is 4.41.